The molecule has 1 aliphatic rings. The molecule has 2 atom stereocenters. The van der Waals surface area contributed by atoms with Gasteiger partial charge in [0.15, 0.2) is 6.29 Å². The van der Waals surface area contributed by atoms with Crippen LogP contribution in [0.5, 0.6) is 0 Å². The minimum atomic E-state index is -0.488. The van der Waals surface area contributed by atoms with E-state index in [-0.39, 0.29) is 18.5 Å². The van der Waals surface area contributed by atoms with Gasteiger partial charge >= 0.3 is 0 Å². The minimum absolute atomic E-state index is 0.0223. The topological polar surface area (TPSA) is 55.8 Å². The number of aliphatic hydroxyl groups excluding tert-OH is 1. The van der Waals surface area contributed by atoms with Crippen molar-refractivity contribution in [2.75, 3.05) is 13.2 Å². The van der Waals surface area contributed by atoms with Gasteiger partial charge in [0.1, 0.15) is 5.78 Å². The van der Waals surface area contributed by atoms with Gasteiger partial charge in [0, 0.05) is 19.6 Å². The van der Waals surface area contributed by atoms with Gasteiger partial charge in [0.2, 0.25) is 0 Å². The molecule has 1 saturated heterocycles. The Balaban J connectivity index is 1.91. The second kappa shape index (κ2) is 8.61. The van der Waals surface area contributed by atoms with Crippen LogP contribution >= 0.6 is 0 Å². The lowest BCUT2D eigenvalue weighted by Crippen LogP contribution is -2.22. The number of ether oxygens (including phenoxy) is 2. The minimum Gasteiger partial charge on any atom is -0.393 e. The van der Waals surface area contributed by atoms with E-state index in [4.69, 9.17) is 9.47 Å². The van der Waals surface area contributed by atoms with Gasteiger partial charge in [0.05, 0.1) is 6.10 Å². The predicted octanol–water partition coefficient (Wildman–Crippen LogP) is 2.04. The lowest BCUT2D eigenvalue weighted by Gasteiger charge is -2.22. The van der Waals surface area contributed by atoms with Gasteiger partial charge in [-0.15, -0.1) is 0 Å². The van der Waals surface area contributed by atoms with E-state index in [2.05, 4.69) is 0 Å². The molecule has 17 heavy (non-hydrogen) atoms. The summed E-state index contributed by atoms with van der Waals surface area (Å²) in [6, 6.07) is 0. The maximum absolute atomic E-state index is 10.7. The standard InChI is InChI=1S/C13H24O4/c1-11(14)10-12(15)6-2-4-8-16-13-7-3-5-9-17-13/h12-13,15H,2-10H2,1H3. The number of carbonyl (C=O) groups is 1. The zero-order valence-electron chi connectivity index (χ0n) is 10.7. The van der Waals surface area contributed by atoms with Crippen LogP contribution in [-0.2, 0) is 14.3 Å². The van der Waals surface area contributed by atoms with Gasteiger partial charge in [-0.3, -0.25) is 4.79 Å². The molecule has 0 bridgehead atoms. The highest BCUT2D eigenvalue weighted by Crippen LogP contribution is 2.14. The molecule has 0 radical (unpaired) electrons. The first-order chi connectivity index (χ1) is 8.18. The van der Waals surface area contributed by atoms with Gasteiger partial charge in [-0.25, -0.2) is 0 Å². The summed E-state index contributed by atoms with van der Waals surface area (Å²) in [6.45, 7) is 2.99. The van der Waals surface area contributed by atoms with Gasteiger partial charge in [0.25, 0.3) is 0 Å². The molecule has 1 N–H and O–H groups in total. The maximum Gasteiger partial charge on any atom is 0.157 e. The van der Waals surface area contributed by atoms with Crippen molar-refractivity contribution in [3.05, 3.63) is 0 Å². The number of hydrogen-bond donors (Lipinski definition) is 1. The van der Waals surface area contributed by atoms with Crippen LogP contribution in [0.25, 0.3) is 0 Å². The van der Waals surface area contributed by atoms with Crippen molar-refractivity contribution in [3.8, 4) is 0 Å². The third-order valence-corrected chi connectivity index (χ3v) is 2.90. The van der Waals surface area contributed by atoms with Gasteiger partial charge in [-0.2, -0.15) is 0 Å². The summed E-state index contributed by atoms with van der Waals surface area (Å²) >= 11 is 0. The number of hydrogen-bond acceptors (Lipinski definition) is 4. The molecular weight excluding hydrogens is 220 g/mol. The molecule has 4 heteroatoms. The summed E-state index contributed by atoms with van der Waals surface area (Å²) in [5, 5.41) is 9.48. The van der Waals surface area contributed by atoms with E-state index in [1.165, 1.54) is 13.3 Å². The van der Waals surface area contributed by atoms with Crippen LogP contribution in [0.3, 0.4) is 0 Å². The molecule has 0 aromatic heterocycles. The van der Waals surface area contributed by atoms with Gasteiger partial charge in [-0.1, -0.05) is 0 Å². The molecule has 1 heterocycles. The Morgan fingerprint density at radius 3 is 2.94 bits per heavy atom. The molecule has 0 aliphatic carbocycles. The van der Waals surface area contributed by atoms with Gasteiger partial charge < -0.3 is 14.6 Å². The Labute approximate surface area is 103 Å². The first-order valence-corrected chi connectivity index (χ1v) is 6.59. The van der Waals surface area contributed by atoms with E-state index in [0.29, 0.717) is 13.0 Å². The van der Waals surface area contributed by atoms with Crippen molar-refractivity contribution in [2.45, 2.75) is 64.3 Å². The summed E-state index contributed by atoms with van der Waals surface area (Å²) in [5.41, 5.74) is 0. The summed E-state index contributed by atoms with van der Waals surface area (Å²) in [4.78, 5) is 10.7. The summed E-state index contributed by atoms with van der Waals surface area (Å²) in [6.07, 6.45) is 5.55. The molecule has 4 nitrogen and oxygen atoms in total. The van der Waals surface area contributed by atoms with Crippen molar-refractivity contribution >= 4 is 5.78 Å². The largest absolute Gasteiger partial charge is 0.393 e. The van der Waals surface area contributed by atoms with E-state index in [9.17, 15) is 9.90 Å². The molecule has 0 aromatic rings. The van der Waals surface area contributed by atoms with Crippen LogP contribution in [0, 0.1) is 0 Å². The average molecular weight is 244 g/mol. The molecule has 0 amide bonds. The molecule has 0 saturated carbocycles. The fourth-order valence-electron chi connectivity index (χ4n) is 1.97. The fourth-order valence-corrected chi connectivity index (χ4v) is 1.97. The van der Waals surface area contributed by atoms with Crippen LogP contribution in [0.2, 0.25) is 0 Å². The van der Waals surface area contributed by atoms with Crippen molar-refractivity contribution in [3.63, 3.8) is 0 Å². The molecule has 1 fully saturated rings. The maximum atomic E-state index is 10.7. The first kappa shape index (κ1) is 14.6. The molecular formula is C13H24O4. The van der Waals surface area contributed by atoms with Crippen molar-refractivity contribution in [1.29, 1.82) is 0 Å². The zero-order chi connectivity index (χ0) is 12.5. The second-order valence-electron chi connectivity index (χ2n) is 4.72. The summed E-state index contributed by atoms with van der Waals surface area (Å²) in [7, 11) is 0. The highest BCUT2D eigenvalue weighted by Gasteiger charge is 2.13. The highest BCUT2D eigenvalue weighted by atomic mass is 16.7. The van der Waals surface area contributed by atoms with Crippen LogP contribution < -0.4 is 0 Å². The van der Waals surface area contributed by atoms with Gasteiger partial charge in [-0.05, 0) is 45.4 Å². The number of ketones is 1. The smallest absolute Gasteiger partial charge is 0.157 e. The lowest BCUT2D eigenvalue weighted by molar-refractivity contribution is -0.162. The molecule has 1 rings (SSSR count). The normalized spacial score (nSPS) is 22.4. The van der Waals surface area contributed by atoms with Crippen molar-refractivity contribution < 1.29 is 19.4 Å². The van der Waals surface area contributed by atoms with Crippen LogP contribution in [0.15, 0.2) is 0 Å². The summed E-state index contributed by atoms with van der Waals surface area (Å²) in [5.74, 6) is 0.0457. The molecule has 1 aliphatic heterocycles. The Bertz CT molecular complexity index is 211. The zero-order valence-corrected chi connectivity index (χ0v) is 10.7. The molecule has 0 spiro atoms. The van der Waals surface area contributed by atoms with Crippen molar-refractivity contribution in [1.82, 2.24) is 0 Å². The first-order valence-electron chi connectivity index (χ1n) is 6.59. The van der Waals surface area contributed by atoms with Crippen molar-refractivity contribution in [2.24, 2.45) is 0 Å². The second-order valence-corrected chi connectivity index (χ2v) is 4.72. The third-order valence-electron chi connectivity index (χ3n) is 2.90. The number of rotatable bonds is 8. The summed E-state index contributed by atoms with van der Waals surface area (Å²) < 4.78 is 11.0. The van der Waals surface area contributed by atoms with E-state index in [0.717, 1.165) is 32.3 Å². The van der Waals surface area contributed by atoms with E-state index < -0.39 is 6.10 Å². The van der Waals surface area contributed by atoms with Crippen LogP contribution in [-0.4, -0.2) is 36.5 Å². The number of carbonyl (C=O) groups excluding carboxylic acids is 1. The molecule has 100 valence electrons. The SMILES string of the molecule is CC(=O)CC(O)CCCCOC1CCCCO1. The molecule has 2 unspecified atom stereocenters. The van der Waals surface area contributed by atoms with E-state index in [1.807, 2.05) is 0 Å². The fraction of sp³-hybridized carbons (Fsp3) is 0.923. The third kappa shape index (κ3) is 7.47. The Kier molecular flexibility index (Phi) is 7.40. The van der Waals surface area contributed by atoms with Crippen LogP contribution in [0.4, 0.5) is 0 Å². The number of aliphatic hydroxyl groups is 1. The van der Waals surface area contributed by atoms with E-state index in [1.54, 1.807) is 0 Å². The number of unbranched alkanes of at least 4 members (excludes halogenated alkanes) is 1. The Hall–Kier alpha value is -0.450. The molecule has 0 aromatic carbocycles. The predicted molar refractivity (Wildman–Crippen MR) is 64.7 cm³/mol. The van der Waals surface area contributed by atoms with E-state index >= 15 is 0 Å². The average Bonchev–Trinajstić information content (AvgIpc) is 2.29. The Morgan fingerprint density at radius 2 is 2.29 bits per heavy atom. The highest BCUT2D eigenvalue weighted by molar-refractivity contribution is 5.75. The van der Waals surface area contributed by atoms with Crippen LogP contribution in [0.1, 0.15) is 51.9 Å². The monoisotopic (exact) mass is 244 g/mol. The lowest BCUT2D eigenvalue weighted by atomic mass is 10.1. The quantitative estimate of drug-likeness (QED) is 0.664. The number of Topliss-reactive ketones (excluding diaryl/α,β-unsaturated/α-hetero) is 1. The Morgan fingerprint density at radius 1 is 1.47 bits per heavy atom.